The van der Waals surface area contributed by atoms with Crippen molar-refractivity contribution >= 4 is 6.09 Å². The van der Waals surface area contributed by atoms with E-state index < -0.39 is 5.60 Å². The molecule has 1 amide bonds. The van der Waals surface area contributed by atoms with Crippen molar-refractivity contribution in [2.24, 2.45) is 7.05 Å². The Hall–Kier alpha value is -1.63. The van der Waals surface area contributed by atoms with Crippen molar-refractivity contribution in [1.82, 2.24) is 25.4 Å². The Morgan fingerprint density at radius 2 is 2.14 bits per heavy atom. The van der Waals surface area contributed by atoms with Gasteiger partial charge in [-0.1, -0.05) is 0 Å². The molecule has 1 fully saturated rings. The second-order valence-corrected chi connectivity index (χ2v) is 6.55. The van der Waals surface area contributed by atoms with E-state index in [0.29, 0.717) is 6.04 Å². The van der Waals surface area contributed by atoms with Crippen LogP contribution in [0.3, 0.4) is 0 Å². The third-order valence-corrected chi connectivity index (χ3v) is 3.29. The van der Waals surface area contributed by atoms with Gasteiger partial charge < -0.3 is 15.4 Å². The number of carbonyl (C=O) groups is 1. The number of aromatic nitrogens is 3. The molecule has 0 bridgehead atoms. The van der Waals surface area contributed by atoms with Gasteiger partial charge in [-0.2, -0.15) is 5.10 Å². The highest BCUT2D eigenvalue weighted by atomic mass is 16.6. The number of hydrogen-bond acceptors (Lipinski definition) is 5. The van der Waals surface area contributed by atoms with Gasteiger partial charge in [0, 0.05) is 32.1 Å². The molecule has 0 atom stereocenters. The molecule has 0 aliphatic heterocycles. The van der Waals surface area contributed by atoms with Crippen molar-refractivity contribution in [3.05, 3.63) is 12.2 Å². The summed E-state index contributed by atoms with van der Waals surface area (Å²) in [5.41, 5.74) is -0.443. The molecule has 7 heteroatoms. The fourth-order valence-electron chi connectivity index (χ4n) is 2.26. The van der Waals surface area contributed by atoms with Gasteiger partial charge in [-0.3, -0.25) is 4.68 Å². The summed E-state index contributed by atoms with van der Waals surface area (Å²) in [6, 6.07) is 0.666. The minimum atomic E-state index is -0.443. The van der Waals surface area contributed by atoms with Crippen molar-refractivity contribution in [2.45, 2.75) is 57.7 Å². The van der Waals surface area contributed by atoms with Crippen LogP contribution in [0.4, 0.5) is 4.79 Å². The maximum atomic E-state index is 11.6. The largest absolute Gasteiger partial charge is 0.444 e. The number of nitrogens with zero attached hydrogens (tertiary/aromatic N) is 3. The Labute approximate surface area is 125 Å². The molecule has 118 valence electrons. The summed E-state index contributed by atoms with van der Waals surface area (Å²) in [4.78, 5) is 15.8. The Morgan fingerprint density at radius 3 is 2.71 bits per heavy atom. The molecule has 1 saturated carbocycles. The number of carbonyl (C=O) groups excluding carboxylic acids is 1. The van der Waals surface area contributed by atoms with Crippen LogP contribution in [0.5, 0.6) is 0 Å². The molecule has 1 aromatic rings. The van der Waals surface area contributed by atoms with Crippen LogP contribution in [0.2, 0.25) is 0 Å². The molecular formula is C14H25N5O2. The van der Waals surface area contributed by atoms with Crippen LogP contribution in [0, 0.1) is 0 Å². The van der Waals surface area contributed by atoms with Crippen molar-refractivity contribution in [3.63, 3.8) is 0 Å². The molecule has 0 spiro atoms. The number of nitrogens with one attached hydrogen (secondary N) is 2. The van der Waals surface area contributed by atoms with Crippen LogP contribution in [0.25, 0.3) is 0 Å². The highest BCUT2D eigenvalue weighted by Gasteiger charge is 2.31. The first-order valence-electron chi connectivity index (χ1n) is 7.39. The molecule has 1 aliphatic rings. The van der Waals surface area contributed by atoms with E-state index in [9.17, 15) is 4.79 Å². The SMILES string of the molecule is Cn1cnc(CCNC2CC(NC(=O)OC(C)(C)C)C2)n1. The molecule has 1 heterocycles. The molecule has 0 unspecified atom stereocenters. The minimum Gasteiger partial charge on any atom is -0.444 e. The van der Waals surface area contributed by atoms with Gasteiger partial charge in [0.1, 0.15) is 11.9 Å². The van der Waals surface area contributed by atoms with E-state index in [4.69, 9.17) is 4.74 Å². The quantitative estimate of drug-likeness (QED) is 0.847. The van der Waals surface area contributed by atoms with E-state index in [1.807, 2.05) is 27.8 Å². The smallest absolute Gasteiger partial charge is 0.407 e. The van der Waals surface area contributed by atoms with E-state index in [1.165, 1.54) is 0 Å². The van der Waals surface area contributed by atoms with Crippen molar-refractivity contribution < 1.29 is 9.53 Å². The molecule has 7 nitrogen and oxygen atoms in total. The number of amides is 1. The average molecular weight is 295 g/mol. The monoisotopic (exact) mass is 295 g/mol. The maximum Gasteiger partial charge on any atom is 0.407 e. The summed E-state index contributed by atoms with van der Waals surface area (Å²) in [5, 5.41) is 10.6. The molecule has 2 rings (SSSR count). The third kappa shape index (κ3) is 5.34. The molecular weight excluding hydrogens is 270 g/mol. The van der Waals surface area contributed by atoms with E-state index in [2.05, 4.69) is 20.7 Å². The van der Waals surface area contributed by atoms with Crippen LogP contribution in [0.15, 0.2) is 6.33 Å². The van der Waals surface area contributed by atoms with Gasteiger partial charge in [0.05, 0.1) is 0 Å². The standard InChI is InChI=1S/C14H25N5O2/c1-14(2,3)21-13(20)17-11-7-10(8-11)15-6-5-12-16-9-19(4)18-12/h9-11,15H,5-8H2,1-4H3,(H,17,20). The topological polar surface area (TPSA) is 81.1 Å². The average Bonchev–Trinajstić information content (AvgIpc) is 2.69. The molecule has 1 aromatic heterocycles. The lowest BCUT2D eigenvalue weighted by Crippen LogP contribution is -2.53. The van der Waals surface area contributed by atoms with Crippen LogP contribution in [-0.2, 0) is 18.2 Å². The normalized spacial score (nSPS) is 21.7. The second-order valence-electron chi connectivity index (χ2n) is 6.55. The number of ether oxygens (including phenoxy) is 1. The van der Waals surface area contributed by atoms with Crippen LogP contribution in [-0.4, -0.2) is 45.1 Å². The maximum absolute atomic E-state index is 11.6. The number of rotatable bonds is 5. The van der Waals surface area contributed by atoms with Gasteiger partial charge in [0.15, 0.2) is 5.82 Å². The molecule has 0 aromatic carbocycles. The van der Waals surface area contributed by atoms with E-state index >= 15 is 0 Å². The van der Waals surface area contributed by atoms with E-state index in [-0.39, 0.29) is 12.1 Å². The molecule has 1 aliphatic carbocycles. The van der Waals surface area contributed by atoms with Gasteiger partial charge in [-0.15, -0.1) is 0 Å². The zero-order chi connectivity index (χ0) is 15.5. The minimum absolute atomic E-state index is 0.213. The highest BCUT2D eigenvalue weighted by molar-refractivity contribution is 5.68. The molecule has 0 radical (unpaired) electrons. The summed E-state index contributed by atoms with van der Waals surface area (Å²) in [6.45, 7) is 6.45. The Bertz CT molecular complexity index is 474. The van der Waals surface area contributed by atoms with Crippen molar-refractivity contribution in [3.8, 4) is 0 Å². The number of aryl methyl sites for hydroxylation is 1. The summed E-state index contributed by atoms with van der Waals surface area (Å²) >= 11 is 0. The lowest BCUT2D eigenvalue weighted by Gasteiger charge is -2.36. The second kappa shape index (κ2) is 6.43. The zero-order valence-electron chi connectivity index (χ0n) is 13.2. The first-order valence-corrected chi connectivity index (χ1v) is 7.39. The number of alkyl carbamates (subject to hydrolysis) is 1. The summed E-state index contributed by atoms with van der Waals surface area (Å²) in [5.74, 6) is 0.854. The Morgan fingerprint density at radius 1 is 1.43 bits per heavy atom. The van der Waals surface area contributed by atoms with E-state index in [0.717, 1.165) is 31.6 Å². The first kappa shape index (κ1) is 15.8. The van der Waals surface area contributed by atoms with Crippen molar-refractivity contribution in [1.29, 1.82) is 0 Å². The predicted octanol–water partition coefficient (Wildman–Crippen LogP) is 1.00. The highest BCUT2D eigenvalue weighted by Crippen LogP contribution is 2.20. The Kier molecular flexibility index (Phi) is 4.82. The first-order chi connectivity index (χ1) is 9.82. The fraction of sp³-hybridized carbons (Fsp3) is 0.786. The summed E-state index contributed by atoms with van der Waals surface area (Å²) in [7, 11) is 1.86. The predicted molar refractivity (Wildman–Crippen MR) is 78.9 cm³/mol. The molecule has 2 N–H and O–H groups in total. The summed E-state index contributed by atoms with van der Waals surface area (Å²) < 4.78 is 6.94. The van der Waals surface area contributed by atoms with Gasteiger partial charge in [-0.25, -0.2) is 9.78 Å². The van der Waals surface area contributed by atoms with Gasteiger partial charge in [0.25, 0.3) is 0 Å². The molecule has 0 saturated heterocycles. The van der Waals surface area contributed by atoms with Gasteiger partial charge >= 0.3 is 6.09 Å². The zero-order valence-corrected chi connectivity index (χ0v) is 13.2. The lowest BCUT2D eigenvalue weighted by molar-refractivity contribution is 0.0465. The third-order valence-electron chi connectivity index (χ3n) is 3.29. The summed E-state index contributed by atoms with van der Waals surface area (Å²) in [6.07, 6.45) is 4.08. The van der Waals surface area contributed by atoms with Gasteiger partial charge in [-0.05, 0) is 33.6 Å². The van der Waals surface area contributed by atoms with E-state index in [1.54, 1.807) is 11.0 Å². The number of hydrogen-bond donors (Lipinski definition) is 2. The van der Waals surface area contributed by atoms with Crippen LogP contribution < -0.4 is 10.6 Å². The Balaban J connectivity index is 1.56. The van der Waals surface area contributed by atoms with Crippen LogP contribution >= 0.6 is 0 Å². The van der Waals surface area contributed by atoms with Crippen molar-refractivity contribution in [2.75, 3.05) is 6.54 Å². The van der Waals surface area contributed by atoms with Crippen LogP contribution in [0.1, 0.15) is 39.4 Å². The molecule has 21 heavy (non-hydrogen) atoms. The van der Waals surface area contributed by atoms with Gasteiger partial charge in [0.2, 0.25) is 0 Å². The lowest BCUT2D eigenvalue weighted by atomic mass is 9.87. The fourth-order valence-corrected chi connectivity index (χ4v) is 2.26.